The van der Waals surface area contributed by atoms with Crippen LogP contribution in [0.25, 0.3) is 11.1 Å². The van der Waals surface area contributed by atoms with Crippen LogP contribution >= 0.6 is 23.1 Å². The summed E-state index contributed by atoms with van der Waals surface area (Å²) in [5, 5.41) is 3.46. The predicted molar refractivity (Wildman–Crippen MR) is 88.1 cm³/mol. The van der Waals surface area contributed by atoms with Crippen LogP contribution in [0, 0.1) is 0 Å². The number of carbonyl (C=O) groups is 1. The summed E-state index contributed by atoms with van der Waals surface area (Å²) in [5.74, 6) is 0.743. The summed E-state index contributed by atoms with van der Waals surface area (Å²) in [6.45, 7) is 0. The minimum atomic E-state index is 0.0625. The molecular formula is C15H15N3O2S2. The van der Waals surface area contributed by atoms with Crippen LogP contribution in [-0.4, -0.2) is 34.9 Å². The first-order valence-electron chi connectivity index (χ1n) is 6.73. The molecule has 0 saturated heterocycles. The second-order valence-electron chi connectivity index (χ2n) is 4.93. The second kappa shape index (κ2) is 6.50. The third-order valence-electron chi connectivity index (χ3n) is 3.02. The van der Waals surface area contributed by atoms with Gasteiger partial charge in [-0.15, -0.1) is 11.3 Å². The summed E-state index contributed by atoms with van der Waals surface area (Å²) in [7, 11) is 3.50. The van der Waals surface area contributed by atoms with E-state index in [1.165, 1.54) is 23.1 Å². The number of carbonyl (C=O) groups excluding carboxylic acids is 1. The fraction of sp³-hybridized carbons (Fsp3) is 0.267. The van der Waals surface area contributed by atoms with Gasteiger partial charge >= 0.3 is 0 Å². The first-order chi connectivity index (χ1) is 10.6. The molecule has 2 heterocycles. The Morgan fingerprint density at radius 1 is 1.32 bits per heavy atom. The fourth-order valence-corrected chi connectivity index (χ4v) is 3.45. The van der Waals surface area contributed by atoms with E-state index in [1.807, 2.05) is 29.6 Å². The number of oxazole rings is 1. The Kier molecular flexibility index (Phi) is 4.44. The molecule has 0 unspecified atom stereocenters. The van der Waals surface area contributed by atoms with Crippen molar-refractivity contribution >= 4 is 40.1 Å². The summed E-state index contributed by atoms with van der Waals surface area (Å²) >= 11 is 3.02. The van der Waals surface area contributed by atoms with Gasteiger partial charge in [0.25, 0.3) is 5.22 Å². The van der Waals surface area contributed by atoms with Gasteiger partial charge in [0.2, 0.25) is 5.91 Å². The number of aromatic nitrogens is 2. The average molecular weight is 333 g/mol. The number of thiazole rings is 1. The van der Waals surface area contributed by atoms with Gasteiger partial charge in [0.1, 0.15) is 10.5 Å². The van der Waals surface area contributed by atoms with E-state index in [1.54, 1.807) is 19.0 Å². The van der Waals surface area contributed by atoms with Crippen LogP contribution in [0.15, 0.2) is 39.3 Å². The molecule has 0 aliphatic rings. The monoisotopic (exact) mass is 333 g/mol. The standard InChI is InChI=1S/C15H15N3O2S2/c1-18(2)14(19)7-13-16-10(8-21-13)9-22-15-17-11-5-3-4-6-12(11)20-15/h3-6,8H,7,9H2,1-2H3. The molecule has 3 aromatic rings. The zero-order valence-electron chi connectivity index (χ0n) is 12.3. The number of benzene rings is 1. The molecular weight excluding hydrogens is 318 g/mol. The number of thioether (sulfide) groups is 1. The Labute approximate surface area is 136 Å². The number of rotatable bonds is 5. The number of para-hydroxylation sites is 2. The molecule has 3 rings (SSSR count). The van der Waals surface area contributed by atoms with Crippen molar-refractivity contribution in [2.24, 2.45) is 0 Å². The Morgan fingerprint density at radius 2 is 2.14 bits per heavy atom. The van der Waals surface area contributed by atoms with Crippen LogP contribution in [0.5, 0.6) is 0 Å². The van der Waals surface area contributed by atoms with Crippen molar-refractivity contribution in [3.63, 3.8) is 0 Å². The highest BCUT2D eigenvalue weighted by Gasteiger charge is 2.11. The van der Waals surface area contributed by atoms with Gasteiger partial charge in [-0.05, 0) is 12.1 Å². The number of fused-ring (bicyclic) bond motifs is 1. The molecule has 22 heavy (non-hydrogen) atoms. The molecule has 0 atom stereocenters. The zero-order chi connectivity index (χ0) is 15.5. The highest BCUT2D eigenvalue weighted by molar-refractivity contribution is 7.98. The fourth-order valence-electron chi connectivity index (χ4n) is 1.83. The van der Waals surface area contributed by atoms with Gasteiger partial charge in [-0.2, -0.15) is 0 Å². The van der Waals surface area contributed by atoms with Gasteiger partial charge in [-0.1, -0.05) is 23.9 Å². The third kappa shape index (κ3) is 3.48. The van der Waals surface area contributed by atoms with Gasteiger partial charge in [0.05, 0.1) is 12.1 Å². The largest absolute Gasteiger partial charge is 0.431 e. The summed E-state index contributed by atoms with van der Waals surface area (Å²) in [6, 6.07) is 7.70. The normalized spacial score (nSPS) is 11.0. The molecule has 5 nitrogen and oxygen atoms in total. The Bertz CT molecular complexity index is 762. The summed E-state index contributed by atoms with van der Waals surface area (Å²) < 4.78 is 5.66. The van der Waals surface area contributed by atoms with E-state index >= 15 is 0 Å². The van der Waals surface area contributed by atoms with E-state index in [4.69, 9.17) is 4.42 Å². The van der Waals surface area contributed by atoms with E-state index < -0.39 is 0 Å². The van der Waals surface area contributed by atoms with Crippen LogP contribution in [0.2, 0.25) is 0 Å². The SMILES string of the molecule is CN(C)C(=O)Cc1nc(CSc2nc3ccccc3o2)cs1. The van der Waals surface area contributed by atoms with E-state index in [0.29, 0.717) is 17.4 Å². The minimum Gasteiger partial charge on any atom is -0.431 e. The number of nitrogens with zero attached hydrogens (tertiary/aromatic N) is 3. The highest BCUT2D eigenvalue weighted by Crippen LogP contribution is 2.26. The lowest BCUT2D eigenvalue weighted by molar-refractivity contribution is -0.127. The molecule has 1 aromatic carbocycles. The van der Waals surface area contributed by atoms with Gasteiger partial charge in [0.15, 0.2) is 5.58 Å². The molecule has 0 aliphatic heterocycles. The first kappa shape index (κ1) is 15.1. The van der Waals surface area contributed by atoms with Gasteiger partial charge in [0, 0.05) is 25.2 Å². The van der Waals surface area contributed by atoms with Crippen molar-refractivity contribution in [2.45, 2.75) is 17.4 Å². The maximum atomic E-state index is 11.7. The van der Waals surface area contributed by atoms with Gasteiger partial charge in [-0.25, -0.2) is 9.97 Å². The molecule has 0 bridgehead atoms. The molecule has 0 spiro atoms. The molecule has 2 aromatic heterocycles. The van der Waals surface area contributed by atoms with E-state index in [2.05, 4.69) is 9.97 Å². The lowest BCUT2D eigenvalue weighted by Crippen LogP contribution is -2.23. The van der Waals surface area contributed by atoms with Crippen molar-refractivity contribution in [2.75, 3.05) is 14.1 Å². The van der Waals surface area contributed by atoms with E-state index in [0.717, 1.165) is 21.8 Å². The van der Waals surface area contributed by atoms with Crippen molar-refractivity contribution in [1.82, 2.24) is 14.9 Å². The van der Waals surface area contributed by atoms with Gasteiger partial charge < -0.3 is 9.32 Å². The lowest BCUT2D eigenvalue weighted by atomic mass is 10.3. The molecule has 0 saturated carbocycles. The lowest BCUT2D eigenvalue weighted by Gasteiger charge is -2.07. The van der Waals surface area contributed by atoms with Crippen LogP contribution in [-0.2, 0) is 17.0 Å². The number of hydrogen-bond donors (Lipinski definition) is 0. The summed E-state index contributed by atoms with van der Waals surface area (Å²) in [5.41, 5.74) is 2.60. The molecule has 0 N–H and O–H groups in total. The van der Waals surface area contributed by atoms with Crippen molar-refractivity contribution < 1.29 is 9.21 Å². The quantitative estimate of drug-likeness (QED) is 0.671. The topological polar surface area (TPSA) is 59.2 Å². The number of hydrogen-bond acceptors (Lipinski definition) is 6. The Balaban J connectivity index is 1.62. The van der Waals surface area contributed by atoms with Crippen LogP contribution in [0.3, 0.4) is 0 Å². The summed E-state index contributed by atoms with van der Waals surface area (Å²) in [6.07, 6.45) is 0.352. The highest BCUT2D eigenvalue weighted by atomic mass is 32.2. The van der Waals surface area contributed by atoms with Crippen molar-refractivity contribution in [1.29, 1.82) is 0 Å². The maximum Gasteiger partial charge on any atom is 0.257 e. The molecule has 7 heteroatoms. The van der Waals surface area contributed by atoms with Crippen LogP contribution in [0.4, 0.5) is 0 Å². The van der Waals surface area contributed by atoms with Gasteiger partial charge in [-0.3, -0.25) is 4.79 Å². The zero-order valence-corrected chi connectivity index (χ0v) is 13.9. The van der Waals surface area contributed by atoms with Crippen molar-refractivity contribution in [3.05, 3.63) is 40.3 Å². The third-order valence-corrected chi connectivity index (χ3v) is 4.78. The predicted octanol–water partition coefficient (Wildman–Crippen LogP) is 3.21. The molecule has 0 fully saturated rings. The Morgan fingerprint density at radius 3 is 2.91 bits per heavy atom. The smallest absolute Gasteiger partial charge is 0.257 e. The van der Waals surface area contributed by atoms with Crippen molar-refractivity contribution in [3.8, 4) is 0 Å². The molecule has 0 aliphatic carbocycles. The first-order valence-corrected chi connectivity index (χ1v) is 8.60. The summed E-state index contributed by atoms with van der Waals surface area (Å²) in [4.78, 5) is 22.1. The van der Waals surface area contributed by atoms with E-state index in [-0.39, 0.29) is 5.91 Å². The number of amides is 1. The Hall–Kier alpha value is -1.86. The maximum absolute atomic E-state index is 11.7. The number of likely N-dealkylation sites (N-methyl/N-ethyl adjacent to an activating group) is 1. The minimum absolute atomic E-state index is 0.0625. The second-order valence-corrected chi connectivity index (χ2v) is 6.80. The van der Waals surface area contributed by atoms with E-state index in [9.17, 15) is 4.79 Å². The molecule has 0 radical (unpaired) electrons. The van der Waals surface area contributed by atoms with Crippen LogP contribution in [0.1, 0.15) is 10.7 Å². The molecule has 1 amide bonds. The molecule has 114 valence electrons. The van der Waals surface area contributed by atoms with Crippen LogP contribution < -0.4 is 0 Å². The average Bonchev–Trinajstić information content (AvgIpc) is 3.10.